The Kier molecular flexibility index (Phi) is 9.12. The van der Waals surface area contributed by atoms with Crippen LogP contribution in [0.15, 0.2) is 71.6 Å². The van der Waals surface area contributed by atoms with Crippen LogP contribution in [0.3, 0.4) is 0 Å². The standard InChI is InChI=1S/C27H26Cl2FN3O5S/c1-18(24-10-5-20(28)16-25(24)29)31-26(34)17-38-27(35)19-3-2-4-23(15-19)39(36,37)33-13-11-32(12-14-33)22-8-6-21(30)7-9-22/h2-10,15-16,18H,11-14,17H2,1H3,(H,31,34). The molecule has 39 heavy (non-hydrogen) atoms. The quantitative estimate of drug-likeness (QED) is 0.381. The highest BCUT2D eigenvalue weighted by molar-refractivity contribution is 7.89. The summed E-state index contributed by atoms with van der Waals surface area (Å²) < 4.78 is 46.2. The molecule has 8 nitrogen and oxygen atoms in total. The number of rotatable bonds is 8. The van der Waals surface area contributed by atoms with Crippen molar-refractivity contribution in [3.63, 3.8) is 0 Å². The number of ether oxygens (including phenoxy) is 1. The molecule has 12 heteroatoms. The third kappa shape index (κ3) is 7.07. The molecular weight excluding hydrogens is 568 g/mol. The summed E-state index contributed by atoms with van der Waals surface area (Å²) in [6, 6.07) is 16.0. The van der Waals surface area contributed by atoms with Gasteiger partial charge in [-0.05, 0) is 67.1 Å². The van der Waals surface area contributed by atoms with Crippen molar-refractivity contribution in [2.75, 3.05) is 37.7 Å². The number of piperazine rings is 1. The molecule has 1 saturated heterocycles. The van der Waals surface area contributed by atoms with Gasteiger partial charge in [-0.1, -0.05) is 35.3 Å². The first kappa shape index (κ1) is 28.8. The van der Waals surface area contributed by atoms with Crippen molar-refractivity contribution in [2.45, 2.75) is 17.9 Å². The van der Waals surface area contributed by atoms with Crippen molar-refractivity contribution in [1.82, 2.24) is 9.62 Å². The Morgan fingerprint density at radius 1 is 1.00 bits per heavy atom. The maximum atomic E-state index is 13.2. The predicted molar refractivity (Wildman–Crippen MR) is 147 cm³/mol. The third-order valence-corrected chi connectivity index (χ3v) is 8.74. The molecule has 0 spiro atoms. The van der Waals surface area contributed by atoms with E-state index in [4.69, 9.17) is 27.9 Å². The molecule has 1 aliphatic rings. The molecule has 0 saturated carbocycles. The average Bonchev–Trinajstić information content (AvgIpc) is 2.92. The summed E-state index contributed by atoms with van der Waals surface area (Å²) in [5.41, 5.74) is 1.47. The van der Waals surface area contributed by atoms with Crippen LogP contribution in [-0.4, -0.2) is 57.4 Å². The van der Waals surface area contributed by atoms with Gasteiger partial charge in [0.05, 0.1) is 16.5 Å². The highest BCUT2D eigenvalue weighted by Gasteiger charge is 2.29. The number of anilines is 1. The first-order valence-electron chi connectivity index (χ1n) is 12.1. The molecule has 1 unspecified atom stereocenters. The van der Waals surface area contributed by atoms with E-state index in [0.717, 1.165) is 5.69 Å². The number of carbonyl (C=O) groups excluding carboxylic acids is 2. The Morgan fingerprint density at radius 2 is 1.69 bits per heavy atom. The van der Waals surface area contributed by atoms with E-state index in [1.165, 1.54) is 40.7 Å². The zero-order chi connectivity index (χ0) is 28.2. The predicted octanol–water partition coefficient (Wildman–Crippen LogP) is 4.68. The van der Waals surface area contributed by atoms with Gasteiger partial charge in [0.1, 0.15) is 5.82 Å². The molecule has 0 aliphatic carbocycles. The first-order chi connectivity index (χ1) is 18.5. The normalized spacial score (nSPS) is 15.0. The zero-order valence-electron chi connectivity index (χ0n) is 20.9. The van der Waals surface area contributed by atoms with Gasteiger partial charge in [-0.3, -0.25) is 4.79 Å². The van der Waals surface area contributed by atoms with Gasteiger partial charge < -0.3 is 15.0 Å². The molecule has 1 fully saturated rings. The molecule has 0 radical (unpaired) electrons. The SMILES string of the molecule is CC(NC(=O)COC(=O)c1cccc(S(=O)(=O)N2CCN(c3ccc(F)cc3)CC2)c1)c1ccc(Cl)cc1Cl. The van der Waals surface area contributed by atoms with Crippen LogP contribution in [0.4, 0.5) is 10.1 Å². The number of hydrogen-bond acceptors (Lipinski definition) is 6. The van der Waals surface area contributed by atoms with Gasteiger partial charge in [0, 0.05) is 41.9 Å². The van der Waals surface area contributed by atoms with Crippen LogP contribution in [0.1, 0.15) is 28.9 Å². The van der Waals surface area contributed by atoms with Crippen molar-refractivity contribution in [3.8, 4) is 0 Å². The fraction of sp³-hybridized carbons (Fsp3) is 0.259. The fourth-order valence-corrected chi connectivity index (χ4v) is 6.24. The van der Waals surface area contributed by atoms with Crippen LogP contribution in [0.25, 0.3) is 0 Å². The number of halogens is 3. The number of esters is 1. The van der Waals surface area contributed by atoms with Crippen molar-refractivity contribution >= 4 is 50.8 Å². The molecule has 1 heterocycles. The molecule has 1 atom stereocenters. The van der Waals surface area contributed by atoms with E-state index in [2.05, 4.69) is 5.32 Å². The highest BCUT2D eigenvalue weighted by Crippen LogP contribution is 2.26. The summed E-state index contributed by atoms with van der Waals surface area (Å²) in [5, 5.41) is 3.55. The molecule has 0 bridgehead atoms. The van der Waals surface area contributed by atoms with E-state index in [0.29, 0.717) is 28.7 Å². The van der Waals surface area contributed by atoms with Crippen molar-refractivity contribution < 1.29 is 27.1 Å². The first-order valence-corrected chi connectivity index (χ1v) is 14.3. The van der Waals surface area contributed by atoms with E-state index in [1.54, 1.807) is 37.3 Å². The van der Waals surface area contributed by atoms with Gasteiger partial charge in [-0.25, -0.2) is 17.6 Å². The molecule has 3 aromatic rings. The van der Waals surface area contributed by atoms with E-state index in [-0.39, 0.29) is 29.4 Å². The van der Waals surface area contributed by atoms with Crippen LogP contribution < -0.4 is 10.2 Å². The highest BCUT2D eigenvalue weighted by atomic mass is 35.5. The molecule has 3 aromatic carbocycles. The second-order valence-electron chi connectivity index (χ2n) is 8.93. The maximum Gasteiger partial charge on any atom is 0.338 e. The van der Waals surface area contributed by atoms with Crippen molar-refractivity contribution in [1.29, 1.82) is 0 Å². The minimum atomic E-state index is -3.88. The van der Waals surface area contributed by atoms with Crippen molar-refractivity contribution in [2.24, 2.45) is 0 Å². The van der Waals surface area contributed by atoms with Gasteiger partial charge in [0.15, 0.2) is 6.61 Å². The Morgan fingerprint density at radius 3 is 2.36 bits per heavy atom. The summed E-state index contributed by atoms with van der Waals surface area (Å²) in [7, 11) is -3.88. The molecule has 0 aromatic heterocycles. The van der Waals surface area contributed by atoms with Crippen LogP contribution >= 0.6 is 23.2 Å². The Labute approximate surface area is 236 Å². The second kappa shape index (κ2) is 12.3. The second-order valence-corrected chi connectivity index (χ2v) is 11.7. The number of hydrogen-bond donors (Lipinski definition) is 1. The van der Waals surface area contributed by atoms with E-state index < -0.39 is 34.5 Å². The van der Waals surface area contributed by atoms with Gasteiger partial charge in [-0.2, -0.15) is 4.31 Å². The molecule has 1 amide bonds. The zero-order valence-corrected chi connectivity index (χ0v) is 23.3. The van der Waals surface area contributed by atoms with E-state index >= 15 is 0 Å². The van der Waals surface area contributed by atoms with Crippen LogP contribution in [0.2, 0.25) is 10.0 Å². The van der Waals surface area contributed by atoms with Crippen molar-refractivity contribution in [3.05, 3.63) is 93.7 Å². The number of amides is 1. The summed E-state index contributed by atoms with van der Waals surface area (Å²) in [6.07, 6.45) is 0. The van der Waals surface area contributed by atoms with Gasteiger partial charge in [0.2, 0.25) is 10.0 Å². The minimum Gasteiger partial charge on any atom is -0.452 e. The number of sulfonamides is 1. The van der Waals surface area contributed by atoms with E-state index in [1.807, 2.05) is 4.90 Å². The van der Waals surface area contributed by atoms with Crippen LogP contribution in [0.5, 0.6) is 0 Å². The molecule has 1 aliphatic heterocycles. The summed E-state index contributed by atoms with van der Waals surface area (Å²) in [6.45, 7) is 2.48. The topological polar surface area (TPSA) is 96.0 Å². The molecule has 206 valence electrons. The van der Waals surface area contributed by atoms with Gasteiger partial charge in [0.25, 0.3) is 5.91 Å². The average molecular weight is 594 g/mol. The largest absolute Gasteiger partial charge is 0.452 e. The molecule has 4 rings (SSSR count). The van der Waals surface area contributed by atoms with E-state index in [9.17, 15) is 22.4 Å². The van der Waals surface area contributed by atoms with Crippen LogP contribution in [-0.2, 0) is 19.6 Å². The lowest BCUT2D eigenvalue weighted by Gasteiger charge is -2.35. The number of carbonyl (C=O) groups is 2. The van der Waals surface area contributed by atoms with Gasteiger partial charge >= 0.3 is 5.97 Å². The number of nitrogens with one attached hydrogen (secondary N) is 1. The lowest BCUT2D eigenvalue weighted by atomic mass is 10.1. The fourth-order valence-electron chi connectivity index (χ4n) is 4.20. The minimum absolute atomic E-state index is 0.00242. The Bertz CT molecular complexity index is 1460. The number of benzene rings is 3. The summed E-state index contributed by atoms with van der Waals surface area (Å²) in [5.74, 6) is -1.72. The Hall–Kier alpha value is -3.18. The smallest absolute Gasteiger partial charge is 0.338 e. The lowest BCUT2D eigenvalue weighted by molar-refractivity contribution is -0.124. The Balaban J connectivity index is 1.33. The van der Waals surface area contributed by atoms with Gasteiger partial charge in [-0.15, -0.1) is 0 Å². The summed E-state index contributed by atoms with van der Waals surface area (Å²) >= 11 is 12.1. The maximum absolute atomic E-state index is 13.2. The van der Waals surface area contributed by atoms with Crippen LogP contribution in [0, 0.1) is 5.82 Å². The lowest BCUT2D eigenvalue weighted by Crippen LogP contribution is -2.48. The monoisotopic (exact) mass is 593 g/mol. The third-order valence-electron chi connectivity index (χ3n) is 6.28. The summed E-state index contributed by atoms with van der Waals surface area (Å²) in [4.78, 5) is 26.9. The molecular formula is C27H26Cl2FN3O5S. The number of nitrogens with zero attached hydrogens (tertiary/aromatic N) is 2. The molecule has 1 N–H and O–H groups in total.